The number of fused-ring (bicyclic) bond motifs is 1. The second-order valence-corrected chi connectivity index (χ2v) is 7.05. The molecule has 0 spiro atoms. The molecule has 1 aromatic rings. The van der Waals surface area contributed by atoms with Gasteiger partial charge in [-0.2, -0.15) is 0 Å². The average molecular weight is 308 g/mol. The number of aliphatic imine (C=N–C) groups is 1. The molecule has 0 aliphatic carbocycles. The molecule has 0 bridgehead atoms. The van der Waals surface area contributed by atoms with Crippen molar-refractivity contribution in [2.45, 2.75) is 25.4 Å². The molecule has 21 heavy (non-hydrogen) atoms. The number of amidine groups is 1. The monoisotopic (exact) mass is 308 g/mol. The highest BCUT2D eigenvalue weighted by molar-refractivity contribution is 8.13. The lowest BCUT2D eigenvalue weighted by molar-refractivity contribution is 0.370. The summed E-state index contributed by atoms with van der Waals surface area (Å²) in [4.78, 5) is 4.65. The molecule has 114 valence electrons. The summed E-state index contributed by atoms with van der Waals surface area (Å²) in [6.07, 6.45) is 0. The van der Waals surface area contributed by atoms with Crippen LogP contribution >= 0.6 is 11.8 Å². The Bertz CT molecular complexity index is 575. The van der Waals surface area contributed by atoms with Crippen molar-refractivity contribution in [1.82, 2.24) is 5.32 Å². The highest BCUT2D eigenvalue weighted by Crippen LogP contribution is 2.43. The van der Waals surface area contributed by atoms with Gasteiger partial charge in [0.15, 0.2) is 5.17 Å². The van der Waals surface area contributed by atoms with Crippen LogP contribution in [0.3, 0.4) is 0 Å². The van der Waals surface area contributed by atoms with Gasteiger partial charge in [0.2, 0.25) is 0 Å². The quantitative estimate of drug-likeness (QED) is 0.800. The Morgan fingerprint density at radius 2 is 2.33 bits per heavy atom. The average Bonchev–Trinajstić information content (AvgIpc) is 2.84. The fourth-order valence-corrected chi connectivity index (χ4v) is 4.14. The van der Waals surface area contributed by atoms with Crippen molar-refractivity contribution in [3.63, 3.8) is 0 Å². The van der Waals surface area contributed by atoms with E-state index in [0.29, 0.717) is 23.3 Å². The number of nitrogens with two attached hydrogens (primary N) is 1. The van der Waals surface area contributed by atoms with E-state index < -0.39 is 5.54 Å². The van der Waals surface area contributed by atoms with E-state index in [1.807, 2.05) is 6.07 Å². The topological polar surface area (TPSA) is 62.4 Å². The van der Waals surface area contributed by atoms with Gasteiger partial charge in [-0.05, 0) is 32.0 Å². The third-order valence-corrected chi connectivity index (χ3v) is 5.05. The minimum atomic E-state index is -0.561. The van der Waals surface area contributed by atoms with Crippen LogP contribution in [-0.2, 0) is 5.54 Å². The first-order valence-corrected chi connectivity index (χ1v) is 8.25. The van der Waals surface area contributed by atoms with E-state index in [4.69, 9.17) is 5.73 Å². The van der Waals surface area contributed by atoms with Crippen molar-refractivity contribution in [3.8, 4) is 0 Å². The van der Waals surface area contributed by atoms with Crippen molar-refractivity contribution in [2.75, 3.05) is 24.2 Å². The van der Waals surface area contributed by atoms with Crippen LogP contribution in [0.5, 0.6) is 0 Å². The maximum absolute atomic E-state index is 14.5. The van der Waals surface area contributed by atoms with Gasteiger partial charge in [-0.1, -0.05) is 11.8 Å². The molecule has 2 atom stereocenters. The van der Waals surface area contributed by atoms with E-state index in [1.165, 1.54) is 6.07 Å². The molecule has 0 amide bonds. The minimum Gasteiger partial charge on any atom is -0.383 e. The van der Waals surface area contributed by atoms with Crippen LogP contribution in [0.25, 0.3) is 0 Å². The van der Waals surface area contributed by atoms with Crippen LogP contribution < -0.4 is 16.4 Å². The van der Waals surface area contributed by atoms with Gasteiger partial charge in [-0.15, -0.1) is 0 Å². The van der Waals surface area contributed by atoms with E-state index in [0.717, 1.165) is 18.0 Å². The molecule has 3 rings (SSSR count). The predicted octanol–water partition coefficient (Wildman–Crippen LogP) is 2.12. The summed E-state index contributed by atoms with van der Waals surface area (Å²) in [5, 5.41) is 7.23. The van der Waals surface area contributed by atoms with Crippen LogP contribution in [-0.4, -0.2) is 30.1 Å². The Balaban J connectivity index is 2.07. The fraction of sp³-hybridized carbons (Fsp3) is 0.533. The first-order chi connectivity index (χ1) is 10.0. The van der Waals surface area contributed by atoms with Crippen molar-refractivity contribution in [3.05, 3.63) is 29.6 Å². The van der Waals surface area contributed by atoms with Gasteiger partial charge in [-0.3, -0.25) is 0 Å². The lowest BCUT2D eigenvalue weighted by Gasteiger charge is -2.35. The fourth-order valence-electron chi connectivity index (χ4n) is 3.15. The van der Waals surface area contributed by atoms with Crippen LogP contribution in [0.2, 0.25) is 0 Å². The Kier molecular flexibility index (Phi) is 3.84. The third-order valence-electron chi connectivity index (χ3n) is 4.09. The zero-order chi connectivity index (χ0) is 15.0. The molecule has 1 aromatic carbocycles. The maximum atomic E-state index is 14.5. The molecule has 6 heteroatoms. The van der Waals surface area contributed by atoms with Gasteiger partial charge in [0.05, 0.1) is 0 Å². The molecule has 0 radical (unpaired) electrons. The zero-order valence-electron chi connectivity index (χ0n) is 12.3. The summed E-state index contributed by atoms with van der Waals surface area (Å²) in [5.74, 6) is 0.948. The van der Waals surface area contributed by atoms with E-state index in [-0.39, 0.29) is 11.7 Å². The SMILES string of the molecule is CC(C)Nc1ccc(F)c(C23CNCC2CSC(N)=N3)c1. The van der Waals surface area contributed by atoms with E-state index in [2.05, 4.69) is 29.5 Å². The number of thioether (sulfide) groups is 1. The second-order valence-electron chi connectivity index (χ2n) is 6.01. The van der Waals surface area contributed by atoms with Gasteiger partial charge < -0.3 is 16.4 Å². The van der Waals surface area contributed by atoms with Gasteiger partial charge in [-0.25, -0.2) is 9.38 Å². The molecule has 2 heterocycles. The number of benzene rings is 1. The number of hydrogen-bond acceptors (Lipinski definition) is 5. The predicted molar refractivity (Wildman–Crippen MR) is 87.3 cm³/mol. The number of nitrogens with zero attached hydrogens (tertiary/aromatic N) is 1. The Hall–Kier alpha value is -1.27. The van der Waals surface area contributed by atoms with Crippen LogP contribution in [0, 0.1) is 11.7 Å². The molecule has 1 fully saturated rings. The first-order valence-electron chi connectivity index (χ1n) is 7.26. The van der Waals surface area contributed by atoms with Gasteiger partial charge in [0.1, 0.15) is 11.4 Å². The van der Waals surface area contributed by atoms with Crippen LogP contribution in [0.1, 0.15) is 19.4 Å². The summed E-state index contributed by atoms with van der Waals surface area (Å²) in [7, 11) is 0. The normalized spacial score (nSPS) is 28.4. The van der Waals surface area contributed by atoms with Gasteiger partial charge in [0.25, 0.3) is 0 Å². The summed E-state index contributed by atoms with van der Waals surface area (Å²) in [6, 6.07) is 5.49. The zero-order valence-corrected chi connectivity index (χ0v) is 13.1. The molecule has 0 aromatic heterocycles. The molecule has 0 saturated carbocycles. The summed E-state index contributed by atoms with van der Waals surface area (Å²) >= 11 is 1.56. The summed E-state index contributed by atoms with van der Waals surface area (Å²) in [6.45, 7) is 5.62. The molecular weight excluding hydrogens is 287 g/mol. The molecule has 1 saturated heterocycles. The highest BCUT2D eigenvalue weighted by Gasteiger charge is 2.48. The maximum Gasteiger partial charge on any atom is 0.154 e. The molecule has 2 aliphatic heterocycles. The molecule has 2 unspecified atom stereocenters. The molecule has 4 N–H and O–H groups in total. The molecule has 4 nitrogen and oxygen atoms in total. The Morgan fingerprint density at radius 3 is 3.10 bits per heavy atom. The van der Waals surface area contributed by atoms with E-state index >= 15 is 0 Å². The number of halogens is 1. The standard InChI is InChI=1S/C15H21FN4S/c1-9(2)19-11-3-4-13(16)12(5-11)15-8-18-6-10(15)7-21-14(17)20-15/h3-5,9-10,18-19H,6-8H2,1-2H3,(H2,17,20). The number of hydrogen-bond donors (Lipinski definition) is 3. The molecular formula is C15H21FN4S. The second kappa shape index (κ2) is 5.50. The van der Waals surface area contributed by atoms with Crippen molar-refractivity contribution >= 4 is 22.6 Å². The van der Waals surface area contributed by atoms with Crippen molar-refractivity contribution < 1.29 is 4.39 Å². The Morgan fingerprint density at radius 1 is 1.52 bits per heavy atom. The highest BCUT2D eigenvalue weighted by atomic mass is 32.2. The number of nitrogens with one attached hydrogen (secondary N) is 2. The van der Waals surface area contributed by atoms with E-state index in [9.17, 15) is 4.39 Å². The Labute approximate surface area is 128 Å². The lowest BCUT2D eigenvalue weighted by atomic mass is 9.81. The summed E-state index contributed by atoms with van der Waals surface area (Å²) in [5.41, 5.74) is 6.94. The largest absolute Gasteiger partial charge is 0.383 e. The van der Waals surface area contributed by atoms with Crippen molar-refractivity contribution in [2.24, 2.45) is 16.6 Å². The smallest absolute Gasteiger partial charge is 0.154 e. The van der Waals surface area contributed by atoms with Gasteiger partial charge >= 0.3 is 0 Å². The van der Waals surface area contributed by atoms with E-state index in [1.54, 1.807) is 17.8 Å². The van der Waals surface area contributed by atoms with Crippen LogP contribution in [0.4, 0.5) is 10.1 Å². The minimum absolute atomic E-state index is 0.207. The molecule has 2 aliphatic rings. The van der Waals surface area contributed by atoms with Gasteiger partial charge in [0, 0.05) is 42.1 Å². The number of anilines is 1. The third kappa shape index (κ3) is 2.62. The number of rotatable bonds is 3. The van der Waals surface area contributed by atoms with Crippen LogP contribution in [0.15, 0.2) is 23.2 Å². The first kappa shape index (κ1) is 14.7. The van der Waals surface area contributed by atoms with Crippen molar-refractivity contribution in [1.29, 1.82) is 0 Å². The lowest BCUT2D eigenvalue weighted by Crippen LogP contribution is -2.40. The summed E-state index contributed by atoms with van der Waals surface area (Å²) < 4.78 is 14.5.